The van der Waals surface area contributed by atoms with E-state index in [0.29, 0.717) is 5.92 Å². The minimum Gasteiger partial charge on any atom is -0.370 e. The van der Waals surface area contributed by atoms with Crippen LogP contribution in [0.4, 0.5) is 5.69 Å². The highest BCUT2D eigenvalue weighted by Gasteiger charge is 2.12. The molecule has 1 aromatic rings. The smallest absolute Gasteiger partial charge is 0.0412 e. The Hall–Kier alpha value is -1.06. The molecular weight excluding hydrogens is 246 g/mol. The van der Waals surface area contributed by atoms with Crippen molar-refractivity contribution in [3.63, 3.8) is 0 Å². The summed E-state index contributed by atoms with van der Waals surface area (Å²) in [7, 11) is 4.27. The summed E-state index contributed by atoms with van der Waals surface area (Å²) in [4.78, 5) is 4.78. The Morgan fingerprint density at radius 1 is 1.10 bits per heavy atom. The van der Waals surface area contributed by atoms with Crippen molar-refractivity contribution in [1.82, 2.24) is 10.2 Å². The molecule has 1 rings (SSSR count). The van der Waals surface area contributed by atoms with Crippen molar-refractivity contribution >= 4 is 5.69 Å². The zero-order valence-corrected chi connectivity index (χ0v) is 13.8. The fourth-order valence-corrected chi connectivity index (χ4v) is 2.30. The van der Waals surface area contributed by atoms with Gasteiger partial charge in [0, 0.05) is 31.9 Å². The third-order valence-electron chi connectivity index (χ3n) is 3.30. The molecule has 0 fully saturated rings. The Morgan fingerprint density at radius 2 is 1.80 bits per heavy atom. The third kappa shape index (κ3) is 5.93. The molecule has 0 radical (unpaired) electrons. The van der Waals surface area contributed by atoms with E-state index in [1.54, 1.807) is 0 Å². The molecule has 0 spiro atoms. The summed E-state index contributed by atoms with van der Waals surface area (Å²) < 4.78 is 0. The number of nitrogens with zero attached hydrogens (tertiary/aromatic N) is 2. The predicted octanol–water partition coefficient (Wildman–Crippen LogP) is 2.82. The Kier molecular flexibility index (Phi) is 7.63. The van der Waals surface area contributed by atoms with Gasteiger partial charge in [-0.3, -0.25) is 0 Å². The van der Waals surface area contributed by atoms with E-state index in [9.17, 15) is 0 Å². The highest BCUT2D eigenvalue weighted by Crippen LogP contribution is 2.21. The molecular formula is C17H31N3. The van der Waals surface area contributed by atoms with E-state index >= 15 is 0 Å². The summed E-state index contributed by atoms with van der Waals surface area (Å²) in [5.74, 6) is 0.671. The van der Waals surface area contributed by atoms with Crippen LogP contribution < -0.4 is 10.2 Å². The number of rotatable bonds is 9. The van der Waals surface area contributed by atoms with Gasteiger partial charge in [0.25, 0.3) is 0 Å². The van der Waals surface area contributed by atoms with Gasteiger partial charge in [-0.15, -0.1) is 0 Å². The molecule has 1 N–H and O–H groups in total. The van der Waals surface area contributed by atoms with Gasteiger partial charge in [-0.25, -0.2) is 0 Å². The van der Waals surface area contributed by atoms with Crippen molar-refractivity contribution in [3.8, 4) is 0 Å². The molecule has 3 nitrogen and oxygen atoms in total. The topological polar surface area (TPSA) is 18.5 Å². The molecule has 20 heavy (non-hydrogen) atoms. The second kappa shape index (κ2) is 8.98. The van der Waals surface area contributed by atoms with Crippen LogP contribution in [0.5, 0.6) is 0 Å². The van der Waals surface area contributed by atoms with Gasteiger partial charge in [0.1, 0.15) is 0 Å². The molecule has 3 heteroatoms. The van der Waals surface area contributed by atoms with Gasteiger partial charge >= 0.3 is 0 Å². The standard InChI is InChI=1S/C17H31N3/c1-6-18-13-16-9-7-8-10-17(16)20(14-15(2)3)12-11-19(4)5/h7-10,15,18H,6,11-14H2,1-5H3. The van der Waals surface area contributed by atoms with E-state index in [2.05, 4.69) is 74.2 Å². The molecule has 0 aromatic heterocycles. The van der Waals surface area contributed by atoms with Crippen molar-refractivity contribution in [2.45, 2.75) is 27.3 Å². The van der Waals surface area contributed by atoms with Crippen LogP contribution >= 0.6 is 0 Å². The number of likely N-dealkylation sites (N-methyl/N-ethyl adjacent to an activating group) is 1. The maximum Gasteiger partial charge on any atom is 0.0412 e. The largest absolute Gasteiger partial charge is 0.370 e. The van der Waals surface area contributed by atoms with Crippen molar-refractivity contribution in [2.75, 3.05) is 45.2 Å². The molecule has 1 aromatic carbocycles. The first-order valence-electron chi connectivity index (χ1n) is 7.72. The average molecular weight is 277 g/mol. The average Bonchev–Trinajstić information content (AvgIpc) is 2.41. The van der Waals surface area contributed by atoms with Gasteiger partial charge in [-0.05, 0) is 38.2 Å². The van der Waals surface area contributed by atoms with Crippen molar-refractivity contribution in [2.24, 2.45) is 5.92 Å². The Morgan fingerprint density at radius 3 is 2.40 bits per heavy atom. The lowest BCUT2D eigenvalue weighted by Crippen LogP contribution is -2.35. The van der Waals surface area contributed by atoms with Gasteiger partial charge in [0.2, 0.25) is 0 Å². The van der Waals surface area contributed by atoms with E-state index in [1.165, 1.54) is 11.3 Å². The summed E-state index contributed by atoms with van der Waals surface area (Å²) in [6.45, 7) is 12.0. The van der Waals surface area contributed by atoms with Gasteiger partial charge in [-0.2, -0.15) is 0 Å². The number of anilines is 1. The number of hydrogen-bond acceptors (Lipinski definition) is 3. The minimum atomic E-state index is 0.671. The van der Waals surface area contributed by atoms with E-state index in [1.807, 2.05) is 0 Å². The molecule has 0 saturated carbocycles. The zero-order valence-electron chi connectivity index (χ0n) is 13.8. The maximum absolute atomic E-state index is 3.44. The lowest BCUT2D eigenvalue weighted by Gasteiger charge is -2.30. The number of hydrogen-bond donors (Lipinski definition) is 1. The van der Waals surface area contributed by atoms with Crippen LogP contribution in [0.25, 0.3) is 0 Å². The first-order valence-corrected chi connectivity index (χ1v) is 7.72. The number of benzene rings is 1. The van der Waals surface area contributed by atoms with Crippen LogP contribution in [0.2, 0.25) is 0 Å². The fourth-order valence-electron chi connectivity index (χ4n) is 2.30. The van der Waals surface area contributed by atoms with E-state index in [-0.39, 0.29) is 0 Å². The van der Waals surface area contributed by atoms with Crippen LogP contribution in [0.15, 0.2) is 24.3 Å². The summed E-state index contributed by atoms with van der Waals surface area (Å²) in [5.41, 5.74) is 2.78. The first-order chi connectivity index (χ1) is 9.54. The van der Waals surface area contributed by atoms with E-state index in [0.717, 1.165) is 32.7 Å². The van der Waals surface area contributed by atoms with E-state index < -0.39 is 0 Å². The SMILES string of the molecule is CCNCc1ccccc1N(CCN(C)C)CC(C)C. The third-order valence-corrected chi connectivity index (χ3v) is 3.30. The first kappa shape index (κ1) is 17.0. The second-order valence-corrected chi connectivity index (χ2v) is 6.05. The number of nitrogens with one attached hydrogen (secondary N) is 1. The Labute approximate surface area is 125 Å². The fraction of sp³-hybridized carbons (Fsp3) is 0.647. The molecule has 0 aliphatic rings. The monoisotopic (exact) mass is 277 g/mol. The normalized spacial score (nSPS) is 11.3. The number of para-hydroxylation sites is 1. The van der Waals surface area contributed by atoms with Gasteiger partial charge < -0.3 is 15.1 Å². The van der Waals surface area contributed by atoms with Crippen LogP contribution in [-0.4, -0.2) is 45.2 Å². The molecule has 0 aliphatic heterocycles. The summed E-state index contributed by atoms with van der Waals surface area (Å²) in [6, 6.07) is 8.77. The molecule has 0 heterocycles. The zero-order chi connectivity index (χ0) is 15.0. The second-order valence-electron chi connectivity index (χ2n) is 6.05. The molecule has 0 unspecified atom stereocenters. The molecule has 0 atom stereocenters. The summed E-state index contributed by atoms with van der Waals surface area (Å²) >= 11 is 0. The molecule has 0 amide bonds. The Bertz CT molecular complexity index is 374. The lowest BCUT2D eigenvalue weighted by atomic mass is 10.1. The quantitative estimate of drug-likeness (QED) is 0.749. The lowest BCUT2D eigenvalue weighted by molar-refractivity contribution is 0.409. The molecule has 0 aliphatic carbocycles. The highest BCUT2D eigenvalue weighted by atomic mass is 15.2. The Balaban J connectivity index is 2.87. The molecule has 114 valence electrons. The van der Waals surface area contributed by atoms with Crippen LogP contribution in [0.3, 0.4) is 0 Å². The molecule has 0 bridgehead atoms. The van der Waals surface area contributed by atoms with Crippen LogP contribution in [0.1, 0.15) is 26.3 Å². The maximum atomic E-state index is 3.44. The predicted molar refractivity (Wildman–Crippen MR) is 89.4 cm³/mol. The van der Waals surface area contributed by atoms with Crippen LogP contribution in [-0.2, 0) is 6.54 Å². The molecule has 0 saturated heterocycles. The summed E-state index contributed by atoms with van der Waals surface area (Å²) in [6.07, 6.45) is 0. The van der Waals surface area contributed by atoms with Crippen molar-refractivity contribution in [3.05, 3.63) is 29.8 Å². The van der Waals surface area contributed by atoms with Gasteiger partial charge in [0.05, 0.1) is 0 Å². The highest BCUT2D eigenvalue weighted by molar-refractivity contribution is 5.53. The minimum absolute atomic E-state index is 0.671. The van der Waals surface area contributed by atoms with Crippen molar-refractivity contribution in [1.29, 1.82) is 0 Å². The van der Waals surface area contributed by atoms with Crippen molar-refractivity contribution < 1.29 is 0 Å². The van der Waals surface area contributed by atoms with E-state index in [4.69, 9.17) is 0 Å². The summed E-state index contributed by atoms with van der Waals surface area (Å²) in [5, 5.41) is 3.44. The van der Waals surface area contributed by atoms with Crippen LogP contribution in [0, 0.1) is 5.92 Å². The van der Waals surface area contributed by atoms with Gasteiger partial charge in [0.15, 0.2) is 0 Å². The van der Waals surface area contributed by atoms with Gasteiger partial charge in [-0.1, -0.05) is 39.0 Å².